The largest absolute Gasteiger partial charge is 0.328 e. The van der Waals surface area contributed by atoms with Gasteiger partial charge in [-0.3, -0.25) is 0 Å². The summed E-state index contributed by atoms with van der Waals surface area (Å²) in [6.07, 6.45) is 6.48. The molecule has 0 aliphatic heterocycles. The highest BCUT2D eigenvalue weighted by Crippen LogP contribution is 2.32. The first kappa shape index (κ1) is 11.0. The zero-order valence-electron chi connectivity index (χ0n) is 9.05. The molecular weight excluding hydrogens is 160 g/mol. The second-order valence-electron chi connectivity index (χ2n) is 4.44. The minimum atomic E-state index is 0.379. The first-order valence-corrected chi connectivity index (χ1v) is 5.73. The summed E-state index contributed by atoms with van der Waals surface area (Å²) in [6.45, 7) is 5.55. The maximum Gasteiger partial charge on any atom is 0.00990 e. The van der Waals surface area contributed by atoms with Crippen molar-refractivity contribution in [2.75, 3.05) is 6.54 Å². The fourth-order valence-electron chi connectivity index (χ4n) is 1.83. The molecule has 0 bridgehead atoms. The fraction of sp³-hybridized carbons (Fsp3) is 1.00. The number of nitrogens with two attached hydrogens (primary N) is 1. The van der Waals surface area contributed by atoms with Crippen molar-refractivity contribution in [3.8, 4) is 0 Å². The SMILES string of the molecule is CCC1CC1NCCCCC(C)N. The van der Waals surface area contributed by atoms with E-state index in [0.29, 0.717) is 6.04 Å². The Morgan fingerprint density at radius 2 is 2.23 bits per heavy atom. The molecule has 2 nitrogen and oxygen atoms in total. The van der Waals surface area contributed by atoms with Gasteiger partial charge in [0.1, 0.15) is 0 Å². The normalized spacial score (nSPS) is 28.8. The summed E-state index contributed by atoms with van der Waals surface area (Å²) in [5.41, 5.74) is 5.67. The van der Waals surface area contributed by atoms with E-state index < -0.39 is 0 Å². The van der Waals surface area contributed by atoms with Crippen molar-refractivity contribution >= 4 is 0 Å². The van der Waals surface area contributed by atoms with Crippen LogP contribution in [0.4, 0.5) is 0 Å². The quantitative estimate of drug-likeness (QED) is 0.593. The minimum Gasteiger partial charge on any atom is -0.328 e. The zero-order chi connectivity index (χ0) is 9.68. The van der Waals surface area contributed by atoms with Gasteiger partial charge in [0.05, 0.1) is 0 Å². The van der Waals surface area contributed by atoms with E-state index in [0.717, 1.165) is 12.0 Å². The molecule has 1 aliphatic rings. The van der Waals surface area contributed by atoms with Crippen molar-refractivity contribution in [3.05, 3.63) is 0 Å². The van der Waals surface area contributed by atoms with Crippen LogP contribution in [0.25, 0.3) is 0 Å². The van der Waals surface area contributed by atoms with Crippen molar-refractivity contribution in [2.45, 2.75) is 58.0 Å². The van der Waals surface area contributed by atoms with Crippen LogP contribution in [0.3, 0.4) is 0 Å². The topological polar surface area (TPSA) is 38.0 Å². The van der Waals surface area contributed by atoms with Gasteiger partial charge in [-0.2, -0.15) is 0 Å². The fourth-order valence-corrected chi connectivity index (χ4v) is 1.83. The Bertz CT molecular complexity index is 134. The van der Waals surface area contributed by atoms with E-state index in [9.17, 15) is 0 Å². The number of nitrogens with one attached hydrogen (secondary N) is 1. The summed E-state index contributed by atoms with van der Waals surface area (Å²) in [7, 11) is 0. The highest BCUT2D eigenvalue weighted by atomic mass is 15.0. The van der Waals surface area contributed by atoms with Crippen LogP contribution in [-0.4, -0.2) is 18.6 Å². The lowest BCUT2D eigenvalue weighted by atomic mass is 10.1. The molecule has 0 heterocycles. The first-order valence-electron chi connectivity index (χ1n) is 5.73. The van der Waals surface area contributed by atoms with Crippen LogP contribution in [0.15, 0.2) is 0 Å². The van der Waals surface area contributed by atoms with E-state index in [1.54, 1.807) is 0 Å². The molecule has 2 heteroatoms. The van der Waals surface area contributed by atoms with Gasteiger partial charge in [0, 0.05) is 12.1 Å². The van der Waals surface area contributed by atoms with Crippen LogP contribution in [0, 0.1) is 5.92 Å². The molecule has 1 aliphatic carbocycles. The van der Waals surface area contributed by atoms with Crippen LogP contribution in [0.1, 0.15) is 46.0 Å². The molecule has 0 spiro atoms. The Hall–Kier alpha value is -0.0800. The lowest BCUT2D eigenvalue weighted by molar-refractivity contribution is 0.548. The highest BCUT2D eigenvalue weighted by Gasteiger charge is 2.34. The van der Waals surface area contributed by atoms with E-state index in [1.807, 2.05) is 0 Å². The molecule has 3 atom stereocenters. The minimum absolute atomic E-state index is 0.379. The van der Waals surface area contributed by atoms with Gasteiger partial charge in [0.25, 0.3) is 0 Å². The number of hydrogen-bond acceptors (Lipinski definition) is 2. The standard InChI is InChI=1S/C11H24N2/c1-3-10-8-11(10)13-7-5-4-6-9(2)12/h9-11,13H,3-8,12H2,1-2H3. The third-order valence-corrected chi connectivity index (χ3v) is 2.94. The summed E-state index contributed by atoms with van der Waals surface area (Å²) in [5.74, 6) is 0.980. The Morgan fingerprint density at radius 3 is 2.77 bits per heavy atom. The van der Waals surface area contributed by atoms with E-state index >= 15 is 0 Å². The smallest absolute Gasteiger partial charge is 0.00990 e. The third kappa shape index (κ3) is 4.63. The molecule has 0 saturated heterocycles. The van der Waals surface area contributed by atoms with E-state index in [-0.39, 0.29) is 0 Å². The molecule has 13 heavy (non-hydrogen) atoms. The van der Waals surface area contributed by atoms with Gasteiger partial charge in [-0.15, -0.1) is 0 Å². The molecule has 0 aromatic rings. The van der Waals surface area contributed by atoms with Gasteiger partial charge in [-0.25, -0.2) is 0 Å². The van der Waals surface area contributed by atoms with Gasteiger partial charge >= 0.3 is 0 Å². The molecule has 0 aromatic carbocycles. The van der Waals surface area contributed by atoms with Gasteiger partial charge in [-0.05, 0) is 38.6 Å². The van der Waals surface area contributed by atoms with Crippen LogP contribution in [0.2, 0.25) is 0 Å². The third-order valence-electron chi connectivity index (χ3n) is 2.94. The molecule has 78 valence electrons. The molecule has 1 fully saturated rings. The first-order chi connectivity index (χ1) is 6.24. The molecule has 1 saturated carbocycles. The maximum absolute atomic E-state index is 5.67. The van der Waals surface area contributed by atoms with Crippen LogP contribution in [-0.2, 0) is 0 Å². The molecule has 0 radical (unpaired) electrons. The number of rotatable bonds is 7. The molecule has 0 amide bonds. The predicted molar refractivity (Wildman–Crippen MR) is 57.7 cm³/mol. The van der Waals surface area contributed by atoms with Gasteiger partial charge < -0.3 is 11.1 Å². The average Bonchev–Trinajstić information content (AvgIpc) is 2.82. The Labute approximate surface area is 82.3 Å². The maximum atomic E-state index is 5.67. The second kappa shape index (κ2) is 5.61. The Kier molecular flexibility index (Phi) is 4.74. The number of unbranched alkanes of at least 4 members (excludes halogenated alkanes) is 1. The summed E-state index contributed by atoms with van der Waals surface area (Å²) in [6, 6.07) is 1.23. The molecule has 1 rings (SSSR count). The van der Waals surface area contributed by atoms with Gasteiger partial charge in [-0.1, -0.05) is 19.8 Å². The van der Waals surface area contributed by atoms with Crippen molar-refractivity contribution in [2.24, 2.45) is 11.7 Å². The second-order valence-corrected chi connectivity index (χ2v) is 4.44. The molecule has 3 unspecified atom stereocenters. The molecule has 3 N–H and O–H groups in total. The lowest BCUT2D eigenvalue weighted by Gasteiger charge is -2.05. The molecular formula is C11H24N2. The van der Waals surface area contributed by atoms with E-state index in [2.05, 4.69) is 19.2 Å². The van der Waals surface area contributed by atoms with Gasteiger partial charge in [0.2, 0.25) is 0 Å². The van der Waals surface area contributed by atoms with Gasteiger partial charge in [0.15, 0.2) is 0 Å². The highest BCUT2D eigenvalue weighted by molar-refractivity contribution is 4.91. The summed E-state index contributed by atoms with van der Waals surface area (Å²) in [4.78, 5) is 0. The van der Waals surface area contributed by atoms with E-state index in [4.69, 9.17) is 5.73 Å². The van der Waals surface area contributed by atoms with Crippen molar-refractivity contribution in [3.63, 3.8) is 0 Å². The predicted octanol–water partition coefficient (Wildman–Crippen LogP) is 1.89. The number of hydrogen-bond donors (Lipinski definition) is 2. The van der Waals surface area contributed by atoms with Crippen LogP contribution >= 0.6 is 0 Å². The monoisotopic (exact) mass is 184 g/mol. The van der Waals surface area contributed by atoms with Crippen molar-refractivity contribution in [1.29, 1.82) is 0 Å². The average molecular weight is 184 g/mol. The Balaban J connectivity index is 1.80. The molecule has 0 aromatic heterocycles. The lowest BCUT2D eigenvalue weighted by Crippen LogP contribution is -2.20. The van der Waals surface area contributed by atoms with E-state index in [1.165, 1.54) is 38.6 Å². The summed E-state index contributed by atoms with van der Waals surface area (Å²) < 4.78 is 0. The van der Waals surface area contributed by atoms with Crippen molar-refractivity contribution < 1.29 is 0 Å². The zero-order valence-corrected chi connectivity index (χ0v) is 9.05. The summed E-state index contributed by atoms with van der Waals surface area (Å²) >= 11 is 0. The Morgan fingerprint density at radius 1 is 1.46 bits per heavy atom. The van der Waals surface area contributed by atoms with Crippen LogP contribution in [0.5, 0.6) is 0 Å². The van der Waals surface area contributed by atoms with Crippen LogP contribution < -0.4 is 11.1 Å². The summed E-state index contributed by atoms with van der Waals surface area (Å²) in [5, 5.41) is 3.59. The van der Waals surface area contributed by atoms with Crippen molar-refractivity contribution in [1.82, 2.24) is 5.32 Å².